The number of rotatable bonds is 7. The number of primary amides is 1. The Hall–Kier alpha value is -0.610. The van der Waals surface area contributed by atoms with Gasteiger partial charge in [0.05, 0.1) is 0 Å². The second-order valence-corrected chi connectivity index (χ2v) is 3.92. The molecule has 0 aliphatic carbocycles. The monoisotopic (exact) mass is 199 g/mol. The van der Waals surface area contributed by atoms with Crippen molar-refractivity contribution >= 4 is 5.91 Å². The molecule has 0 aromatic heterocycles. The Morgan fingerprint density at radius 3 is 3.00 bits per heavy atom. The predicted molar refractivity (Wildman–Crippen MR) is 56.9 cm³/mol. The minimum absolute atomic E-state index is 0.192. The van der Waals surface area contributed by atoms with Gasteiger partial charge in [-0.25, -0.2) is 0 Å². The first-order chi connectivity index (χ1) is 6.79. The molecule has 4 N–H and O–H groups in total. The highest BCUT2D eigenvalue weighted by Gasteiger charge is 2.12. The van der Waals surface area contributed by atoms with Crippen LogP contribution in [0.15, 0.2) is 0 Å². The number of unbranched alkanes of at least 4 members (excludes halogenated alkanes) is 1. The van der Waals surface area contributed by atoms with Crippen molar-refractivity contribution in [1.29, 1.82) is 0 Å². The SMILES string of the molecule is NC(=O)CCCCNCC1CCCN1. The van der Waals surface area contributed by atoms with Crippen molar-refractivity contribution in [2.45, 2.75) is 38.1 Å². The van der Waals surface area contributed by atoms with Crippen molar-refractivity contribution in [2.24, 2.45) is 5.73 Å². The van der Waals surface area contributed by atoms with Crippen LogP contribution in [0.1, 0.15) is 32.1 Å². The number of carbonyl (C=O) groups is 1. The number of nitrogens with two attached hydrogens (primary N) is 1. The topological polar surface area (TPSA) is 67.2 Å². The molecule has 1 atom stereocenters. The summed E-state index contributed by atoms with van der Waals surface area (Å²) < 4.78 is 0. The summed E-state index contributed by atoms with van der Waals surface area (Å²) in [5.41, 5.74) is 5.04. The molecule has 1 amide bonds. The third kappa shape index (κ3) is 5.19. The van der Waals surface area contributed by atoms with Crippen molar-refractivity contribution in [2.75, 3.05) is 19.6 Å². The predicted octanol–water partition coefficient (Wildman–Crippen LogP) is -0.0164. The molecular weight excluding hydrogens is 178 g/mol. The first-order valence-corrected chi connectivity index (χ1v) is 5.51. The summed E-state index contributed by atoms with van der Waals surface area (Å²) in [7, 11) is 0. The number of hydrogen-bond acceptors (Lipinski definition) is 3. The van der Waals surface area contributed by atoms with Gasteiger partial charge >= 0.3 is 0 Å². The van der Waals surface area contributed by atoms with E-state index >= 15 is 0 Å². The van der Waals surface area contributed by atoms with Crippen molar-refractivity contribution in [3.63, 3.8) is 0 Å². The highest BCUT2D eigenvalue weighted by Crippen LogP contribution is 2.03. The van der Waals surface area contributed by atoms with Crippen molar-refractivity contribution < 1.29 is 4.79 Å². The highest BCUT2D eigenvalue weighted by molar-refractivity contribution is 5.73. The first kappa shape index (κ1) is 11.5. The van der Waals surface area contributed by atoms with E-state index in [1.807, 2.05) is 0 Å². The van der Waals surface area contributed by atoms with Gasteiger partial charge in [-0.3, -0.25) is 4.79 Å². The van der Waals surface area contributed by atoms with E-state index in [-0.39, 0.29) is 5.91 Å². The van der Waals surface area contributed by atoms with Gasteiger partial charge in [0.2, 0.25) is 5.91 Å². The zero-order chi connectivity index (χ0) is 10.2. The summed E-state index contributed by atoms with van der Waals surface area (Å²) in [5.74, 6) is -0.192. The third-order valence-corrected chi connectivity index (χ3v) is 2.58. The maximum absolute atomic E-state index is 10.4. The first-order valence-electron chi connectivity index (χ1n) is 5.51. The van der Waals surface area contributed by atoms with E-state index in [9.17, 15) is 4.79 Å². The van der Waals surface area contributed by atoms with Crippen molar-refractivity contribution in [3.8, 4) is 0 Å². The van der Waals surface area contributed by atoms with Crippen molar-refractivity contribution in [3.05, 3.63) is 0 Å². The minimum atomic E-state index is -0.192. The van der Waals surface area contributed by atoms with Gasteiger partial charge in [0.1, 0.15) is 0 Å². The van der Waals surface area contributed by atoms with Gasteiger partial charge in [-0.15, -0.1) is 0 Å². The average molecular weight is 199 g/mol. The summed E-state index contributed by atoms with van der Waals surface area (Å²) in [5, 5.41) is 6.82. The van der Waals surface area contributed by atoms with Gasteiger partial charge in [0, 0.05) is 19.0 Å². The van der Waals surface area contributed by atoms with E-state index < -0.39 is 0 Å². The van der Waals surface area contributed by atoms with Crippen LogP contribution in [0.5, 0.6) is 0 Å². The summed E-state index contributed by atoms with van der Waals surface area (Å²) in [6, 6.07) is 0.658. The average Bonchev–Trinajstić information content (AvgIpc) is 2.63. The molecule has 14 heavy (non-hydrogen) atoms. The maximum atomic E-state index is 10.4. The Morgan fingerprint density at radius 2 is 2.36 bits per heavy atom. The second kappa shape index (κ2) is 6.79. The lowest BCUT2D eigenvalue weighted by molar-refractivity contribution is -0.118. The molecule has 4 nitrogen and oxygen atoms in total. The molecule has 1 saturated heterocycles. The molecule has 1 rings (SSSR count). The van der Waals surface area contributed by atoms with Crippen LogP contribution in [0.2, 0.25) is 0 Å². The summed E-state index contributed by atoms with van der Waals surface area (Å²) in [6.07, 6.45) is 5.04. The lowest BCUT2D eigenvalue weighted by Gasteiger charge is -2.10. The van der Waals surface area contributed by atoms with Gasteiger partial charge in [0.15, 0.2) is 0 Å². The molecule has 0 aromatic carbocycles. The zero-order valence-corrected chi connectivity index (χ0v) is 8.72. The lowest BCUT2D eigenvalue weighted by atomic mass is 10.2. The normalized spacial score (nSPS) is 21.3. The van der Waals surface area contributed by atoms with Crippen molar-refractivity contribution in [1.82, 2.24) is 10.6 Å². The molecule has 0 aromatic rings. The number of carbonyl (C=O) groups excluding carboxylic acids is 1. The van der Waals surface area contributed by atoms with Gasteiger partial charge in [-0.2, -0.15) is 0 Å². The van der Waals surface area contributed by atoms with Crippen LogP contribution >= 0.6 is 0 Å². The fourth-order valence-corrected chi connectivity index (χ4v) is 1.76. The standard InChI is InChI=1S/C10H21N3O/c11-10(14)5-1-2-6-12-8-9-4-3-7-13-9/h9,12-13H,1-8H2,(H2,11,14). The second-order valence-electron chi connectivity index (χ2n) is 3.92. The molecule has 0 bridgehead atoms. The Labute approximate surface area is 85.6 Å². The number of amides is 1. The molecular formula is C10H21N3O. The Balaban J connectivity index is 1.82. The van der Waals surface area contributed by atoms with Gasteiger partial charge in [-0.05, 0) is 38.8 Å². The lowest BCUT2D eigenvalue weighted by Crippen LogP contribution is -2.34. The van der Waals surface area contributed by atoms with Crippen LogP contribution in [0, 0.1) is 0 Å². The fourth-order valence-electron chi connectivity index (χ4n) is 1.76. The van der Waals surface area contributed by atoms with Crippen LogP contribution in [0.3, 0.4) is 0 Å². The summed E-state index contributed by atoms with van der Waals surface area (Å²) in [6.45, 7) is 3.20. The van der Waals surface area contributed by atoms with Gasteiger partial charge in [0.25, 0.3) is 0 Å². The van der Waals surface area contributed by atoms with Crippen LogP contribution in [-0.4, -0.2) is 31.6 Å². The van der Waals surface area contributed by atoms with E-state index in [0.717, 1.165) is 32.5 Å². The molecule has 0 radical (unpaired) electrons. The summed E-state index contributed by atoms with van der Waals surface area (Å²) >= 11 is 0. The van der Waals surface area contributed by atoms with E-state index in [4.69, 9.17) is 5.73 Å². The zero-order valence-electron chi connectivity index (χ0n) is 8.72. The quantitative estimate of drug-likeness (QED) is 0.505. The molecule has 1 aliphatic rings. The third-order valence-electron chi connectivity index (χ3n) is 2.58. The fraction of sp³-hybridized carbons (Fsp3) is 0.900. The van der Waals surface area contributed by atoms with Crippen LogP contribution < -0.4 is 16.4 Å². The molecule has 0 spiro atoms. The Bertz CT molecular complexity index is 167. The van der Waals surface area contributed by atoms with E-state index in [1.54, 1.807) is 0 Å². The highest BCUT2D eigenvalue weighted by atomic mass is 16.1. The number of nitrogens with one attached hydrogen (secondary N) is 2. The molecule has 1 fully saturated rings. The molecule has 1 unspecified atom stereocenters. The van der Waals surface area contributed by atoms with Gasteiger partial charge in [-0.1, -0.05) is 0 Å². The molecule has 82 valence electrons. The van der Waals surface area contributed by atoms with Crippen LogP contribution in [0.4, 0.5) is 0 Å². The Morgan fingerprint density at radius 1 is 1.50 bits per heavy atom. The number of hydrogen-bond donors (Lipinski definition) is 3. The largest absolute Gasteiger partial charge is 0.370 e. The molecule has 1 aliphatic heterocycles. The molecule has 0 saturated carbocycles. The van der Waals surface area contributed by atoms with E-state index in [0.29, 0.717) is 12.5 Å². The molecule has 1 heterocycles. The molecule has 4 heteroatoms. The van der Waals surface area contributed by atoms with Gasteiger partial charge < -0.3 is 16.4 Å². The summed E-state index contributed by atoms with van der Waals surface area (Å²) in [4.78, 5) is 10.4. The van der Waals surface area contributed by atoms with E-state index in [2.05, 4.69) is 10.6 Å². The van der Waals surface area contributed by atoms with E-state index in [1.165, 1.54) is 12.8 Å². The smallest absolute Gasteiger partial charge is 0.217 e. The Kier molecular flexibility index (Phi) is 5.56. The minimum Gasteiger partial charge on any atom is -0.370 e. The maximum Gasteiger partial charge on any atom is 0.217 e. The van der Waals surface area contributed by atoms with Crippen LogP contribution in [0.25, 0.3) is 0 Å². The van der Waals surface area contributed by atoms with Crippen LogP contribution in [-0.2, 0) is 4.79 Å².